The van der Waals surface area contributed by atoms with E-state index in [1.807, 2.05) is 20.8 Å². The molecule has 3 nitrogen and oxygen atoms in total. The van der Waals surface area contributed by atoms with Crippen LogP contribution < -0.4 is 5.32 Å². The number of carbonyl (C=O) groups is 1. The molecule has 0 atom stereocenters. The highest BCUT2D eigenvalue weighted by molar-refractivity contribution is 9.10. The Labute approximate surface area is 102 Å². The van der Waals surface area contributed by atoms with Crippen molar-refractivity contribution in [2.75, 3.05) is 5.32 Å². The Kier molecular flexibility index (Phi) is 3.89. The van der Waals surface area contributed by atoms with Gasteiger partial charge in [-0.05, 0) is 27.2 Å². The molecular formula is C10H15BrN2OS. The molecule has 0 unspecified atom stereocenters. The first-order valence-electron chi connectivity index (χ1n) is 4.81. The summed E-state index contributed by atoms with van der Waals surface area (Å²) in [6.45, 7) is 7.70. The van der Waals surface area contributed by atoms with Crippen LogP contribution in [0.25, 0.3) is 0 Å². The Hall–Kier alpha value is -0.420. The van der Waals surface area contributed by atoms with Crippen molar-refractivity contribution in [3.63, 3.8) is 0 Å². The first kappa shape index (κ1) is 12.6. The highest BCUT2D eigenvalue weighted by Gasteiger charge is 2.24. The number of aryl methyl sites for hydroxylation is 2. The Morgan fingerprint density at radius 1 is 1.60 bits per heavy atom. The molecule has 15 heavy (non-hydrogen) atoms. The van der Waals surface area contributed by atoms with E-state index in [4.69, 9.17) is 0 Å². The van der Waals surface area contributed by atoms with Gasteiger partial charge in [-0.25, -0.2) is 4.98 Å². The summed E-state index contributed by atoms with van der Waals surface area (Å²) in [6, 6.07) is 0. The van der Waals surface area contributed by atoms with E-state index in [2.05, 4.69) is 33.2 Å². The lowest BCUT2D eigenvalue weighted by Crippen LogP contribution is -2.30. The predicted molar refractivity (Wildman–Crippen MR) is 67.9 cm³/mol. The second-order valence-corrected chi connectivity index (χ2v) is 6.99. The molecule has 1 amide bonds. The summed E-state index contributed by atoms with van der Waals surface area (Å²) in [5.74, 6) is -0.0705. The van der Waals surface area contributed by atoms with Crippen LogP contribution in [0.1, 0.15) is 31.3 Å². The topological polar surface area (TPSA) is 42.0 Å². The van der Waals surface area contributed by atoms with Crippen LogP contribution in [0.15, 0.2) is 0 Å². The summed E-state index contributed by atoms with van der Waals surface area (Å²) in [4.78, 5) is 17.2. The molecule has 1 heterocycles. The molecule has 84 valence electrons. The van der Waals surface area contributed by atoms with E-state index in [9.17, 15) is 4.79 Å². The van der Waals surface area contributed by atoms with Gasteiger partial charge in [-0.3, -0.25) is 4.79 Å². The molecule has 0 fully saturated rings. The number of alkyl halides is 1. The van der Waals surface area contributed by atoms with Crippen molar-refractivity contribution in [1.82, 2.24) is 4.98 Å². The van der Waals surface area contributed by atoms with Gasteiger partial charge < -0.3 is 5.32 Å². The van der Waals surface area contributed by atoms with Crippen molar-refractivity contribution >= 4 is 38.3 Å². The predicted octanol–water partition coefficient (Wildman–Crippen LogP) is 3.13. The van der Waals surface area contributed by atoms with Gasteiger partial charge in [0.15, 0.2) is 5.13 Å². The third kappa shape index (κ3) is 3.28. The van der Waals surface area contributed by atoms with Gasteiger partial charge in [0.2, 0.25) is 5.91 Å². The summed E-state index contributed by atoms with van der Waals surface area (Å²) in [5.41, 5.74) is 1.06. The number of thiazole rings is 1. The molecule has 0 spiro atoms. The summed E-state index contributed by atoms with van der Waals surface area (Å²) in [5, 5.41) is 3.48. The smallest absolute Gasteiger partial charge is 0.242 e. The fraction of sp³-hybridized carbons (Fsp3) is 0.600. The Bertz CT molecular complexity index is 368. The van der Waals surface area contributed by atoms with Crippen molar-refractivity contribution in [2.24, 2.45) is 0 Å². The van der Waals surface area contributed by atoms with E-state index in [-0.39, 0.29) is 5.91 Å². The molecule has 0 saturated heterocycles. The second kappa shape index (κ2) is 4.61. The minimum absolute atomic E-state index is 0.0705. The lowest BCUT2D eigenvalue weighted by molar-refractivity contribution is -0.117. The minimum Gasteiger partial charge on any atom is -0.301 e. The zero-order valence-corrected chi connectivity index (χ0v) is 11.8. The summed E-state index contributed by atoms with van der Waals surface area (Å²) in [6.07, 6.45) is 0.899. The Morgan fingerprint density at radius 3 is 2.60 bits per heavy atom. The summed E-state index contributed by atoms with van der Waals surface area (Å²) in [7, 11) is 0. The van der Waals surface area contributed by atoms with E-state index in [1.165, 1.54) is 16.2 Å². The highest BCUT2D eigenvalue weighted by atomic mass is 79.9. The van der Waals surface area contributed by atoms with Gasteiger partial charge in [0.1, 0.15) is 0 Å². The molecule has 5 heteroatoms. The molecule has 0 aromatic carbocycles. The van der Waals surface area contributed by atoms with Crippen LogP contribution >= 0.6 is 27.3 Å². The number of rotatable bonds is 3. The van der Waals surface area contributed by atoms with Gasteiger partial charge in [-0.15, -0.1) is 11.3 Å². The summed E-state index contributed by atoms with van der Waals surface area (Å²) >= 11 is 4.83. The van der Waals surface area contributed by atoms with Gasteiger partial charge in [0.05, 0.1) is 10.0 Å². The molecule has 0 saturated carbocycles. The van der Waals surface area contributed by atoms with E-state index in [0.29, 0.717) is 5.13 Å². The number of hydrogen-bond donors (Lipinski definition) is 1. The molecule has 1 N–H and O–H groups in total. The number of amides is 1. The average Bonchev–Trinajstić information content (AvgIpc) is 2.44. The summed E-state index contributed by atoms with van der Waals surface area (Å²) < 4.78 is -0.557. The normalized spacial score (nSPS) is 11.5. The number of nitrogens with one attached hydrogen (secondary N) is 1. The van der Waals surface area contributed by atoms with Gasteiger partial charge >= 0.3 is 0 Å². The third-order valence-electron chi connectivity index (χ3n) is 1.99. The van der Waals surface area contributed by atoms with Crippen LogP contribution in [-0.4, -0.2) is 15.2 Å². The van der Waals surface area contributed by atoms with E-state index < -0.39 is 4.32 Å². The van der Waals surface area contributed by atoms with Crippen LogP contribution in [0.2, 0.25) is 0 Å². The number of nitrogens with zero attached hydrogens (tertiary/aromatic N) is 1. The lowest BCUT2D eigenvalue weighted by atomic mass is 10.2. The monoisotopic (exact) mass is 290 g/mol. The van der Waals surface area contributed by atoms with Crippen LogP contribution in [0, 0.1) is 6.92 Å². The van der Waals surface area contributed by atoms with Crippen molar-refractivity contribution in [3.05, 3.63) is 10.6 Å². The van der Waals surface area contributed by atoms with Crippen LogP contribution in [0.3, 0.4) is 0 Å². The molecule has 1 aromatic heterocycles. The van der Waals surface area contributed by atoms with Crippen LogP contribution in [-0.2, 0) is 11.2 Å². The van der Waals surface area contributed by atoms with E-state index >= 15 is 0 Å². The third-order valence-corrected chi connectivity index (χ3v) is 3.28. The first-order chi connectivity index (χ1) is 6.84. The van der Waals surface area contributed by atoms with Gasteiger partial charge in [0.25, 0.3) is 0 Å². The average molecular weight is 291 g/mol. The van der Waals surface area contributed by atoms with Crippen molar-refractivity contribution in [3.8, 4) is 0 Å². The number of carbonyl (C=O) groups excluding carboxylic acids is 1. The molecule has 0 radical (unpaired) electrons. The molecule has 0 aliphatic heterocycles. The molecule has 0 aliphatic rings. The standard InChI is InChI=1S/C10H15BrN2OS/c1-5-7-6(2)15-9(12-7)13-8(14)10(3,4)11/h5H2,1-4H3,(H,12,13,14). The van der Waals surface area contributed by atoms with E-state index in [1.54, 1.807) is 0 Å². The van der Waals surface area contributed by atoms with Crippen molar-refractivity contribution in [2.45, 2.75) is 38.4 Å². The Morgan fingerprint density at radius 2 is 2.20 bits per heavy atom. The number of anilines is 1. The maximum Gasteiger partial charge on any atom is 0.242 e. The maximum absolute atomic E-state index is 11.7. The van der Waals surface area contributed by atoms with Crippen LogP contribution in [0.4, 0.5) is 5.13 Å². The fourth-order valence-corrected chi connectivity index (χ4v) is 2.05. The maximum atomic E-state index is 11.7. The molecule has 0 bridgehead atoms. The first-order valence-corrected chi connectivity index (χ1v) is 6.42. The quantitative estimate of drug-likeness (QED) is 0.869. The molecular weight excluding hydrogens is 276 g/mol. The lowest BCUT2D eigenvalue weighted by Gasteiger charge is -2.13. The second-order valence-electron chi connectivity index (χ2n) is 3.80. The molecule has 0 aliphatic carbocycles. The zero-order chi connectivity index (χ0) is 11.6. The van der Waals surface area contributed by atoms with E-state index in [0.717, 1.165) is 12.1 Å². The van der Waals surface area contributed by atoms with Crippen LogP contribution in [0.5, 0.6) is 0 Å². The molecule has 1 aromatic rings. The minimum atomic E-state index is -0.557. The van der Waals surface area contributed by atoms with Crippen molar-refractivity contribution in [1.29, 1.82) is 0 Å². The van der Waals surface area contributed by atoms with Gasteiger partial charge in [-0.2, -0.15) is 0 Å². The number of halogens is 1. The Balaban J connectivity index is 2.78. The highest BCUT2D eigenvalue weighted by Crippen LogP contribution is 2.25. The van der Waals surface area contributed by atoms with Gasteiger partial charge in [0, 0.05) is 4.88 Å². The fourth-order valence-electron chi connectivity index (χ4n) is 1.06. The SMILES string of the molecule is CCc1nc(NC(=O)C(C)(C)Br)sc1C. The number of hydrogen-bond acceptors (Lipinski definition) is 3. The molecule has 1 rings (SSSR count). The van der Waals surface area contributed by atoms with Gasteiger partial charge in [-0.1, -0.05) is 22.9 Å². The largest absolute Gasteiger partial charge is 0.301 e. The zero-order valence-electron chi connectivity index (χ0n) is 9.35. The number of aromatic nitrogens is 1. The van der Waals surface area contributed by atoms with Crippen molar-refractivity contribution < 1.29 is 4.79 Å².